The Morgan fingerprint density at radius 2 is 2.21 bits per heavy atom. The number of esters is 1. The predicted molar refractivity (Wildman–Crippen MR) is 73.7 cm³/mol. The van der Waals surface area contributed by atoms with Crippen molar-refractivity contribution in [2.45, 2.75) is 19.9 Å². The zero-order valence-electron chi connectivity index (χ0n) is 11.3. The maximum absolute atomic E-state index is 11.4. The number of benzene rings is 1. The largest absolute Gasteiger partial charge is 0.468 e. The van der Waals surface area contributed by atoms with Gasteiger partial charge < -0.3 is 9.72 Å². The number of para-hydroxylation sites is 2. The zero-order valence-corrected chi connectivity index (χ0v) is 11.3. The third-order valence-electron chi connectivity index (χ3n) is 2.93. The molecule has 5 heteroatoms. The number of imidazole rings is 1. The van der Waals surface area contributed by atoms with Gasteiger partial charge in [-0.25, -0.2) is 4.98 Å². The highest BCUT2D eigenvalue weighted by Crippen LogP contribution is 2.11. The van der Waals surface area contributed by atoms with E-state index in [0.29, 0.717) is 13.1 Å². The predicted octanol–water partition coefficient (Wildman–Crippen LogP) is 1.95. The molecule has 0 bridgehead atoms. The first-order valence-electron chi connectivity index (χ1n) is 6.45. The van der Waals surface area contributed by atoms with Gasteiger partial charge in [-0.3, -0.25) is 9.69 Å². The lowest BCUT2D eigenvalue weighted by molar-refractivity contribution is -0.142. The van der Waals surface area contributed by atoms with E-state index in [2.05, 4.69) is 16.9 Å². The van der Waals surface area contributed by atoms with Gasteiger partial charge in [0, 0.05) is 0 Å². The zero-order chi connectivity index (χ0) is 13.7. The normalized spacial score (nSPS) is 11.1. The van der Waals surface area contributed by atoms with Crippen molar-refractivity contribution in [2.75, 3.05) is 20.2 Å². The van der Waals surface area contributed by atoms with Gasteiger partial charge >= 0.3 is 5.97 Å². The van der Waals surface area contributed by atoms with Gasteiger partial charge in [0.05, 0.1) is 31.2 Å². The second-order valence-electron chi connectivity index (χ2n) is 4.49. The van der Waals surface area contributed by atoms with Gasteiger partial charge in [0.2, 0.25) is 0 Å². The molecule has 0 fully saturated rings. The minimum atomic E-state index is -0.218. The van der Waals surface area contributed by atoms with Crippen LogP contribution >= 0.6 is 0 Å². The number of nitrogens with zero attached hydrogens (tertiary/aromatic N) is 2. The molecule has 19 heavy (non-hydrogen) atoms. The second kappa shape index (κ2) is 6.33. The number of fused-ring (bicyclic) bond motifs is 1. The van der Waals surface area contributed by atoms with E-state index >= 15 is 0 Å². The van der Waals surface area contributed by atoms with Gasteiger partial charge in [-0.15, -0.1) is 0 Å². The average Bonchev–Trinajstić information content (AvgIpc) is 2.80. The van der Waals surface area contributed by atoms with Gasteiger partial charge in [-0.1, -0.05) is 19.1 Å². The number of methoxy groups -OCH3 is 1. The molecule has 0 radical (unpaired) electrons. The molecule has 0 amide bonds. The number of nitrogens with one attached hydrogen (secondary N) is 1. The van der Waals surface area contributed by atoms with Crippen molar-refractivity contribution in [3.05, 3.63) is 30.1 Å². The second-order valence-corrected chi connectivity index (χ2v) is 4.49. The van der Waals surface area contributed by atoms with Crippen LogP contribution in [-0.4, -0.2) is 41.0 Å². The Hall–Kier alpha value is -1.88. The summed E-state index contributed by atoms with van der Waals surface area (Å²) in [5.74, 6) is 0.656. The number of carbonyl (C=O) groups is 1. The first-order chi connectivity index (χ1) is 9.22. The van der Waals surface area contributed by atoms with E-state index in [-0.39, 0.29) is 5.97 Å². The van der Waals surface area contributed by atoms with Crippen LogP contribution in [0.3, 0.4) is 0 Å². The van der Waals surface area contributed by atoms with Gasteiger partial charge in [0.15, 0.2) is 0 Å². The van der Waals surface area contributed by atoms with Crippen molar-refractivity contribution in [2.24, 2.45) is 0 Å². The van der Waals surface area contributed by atoms with E-state index < -0.39 is 0 Å². The molecule has 0 unspecified atom stereocenters. The number of ether oxygens (including phenoxy) is 1. The molecule has 0 aliphatic carbocycles. The number of rotatable bonds is 6. The van der Waals surface area contributed by atoms with Crippen LogP contribution in [-0.2, 0) is 16.1 Å². The molecular formula is C14H19N3O2. The van der Waals surface area contributed by atoms with Crippen molar-refractivity contribution in [3.8, 4) is 0 Å². The maximum atomic E-state index is 11.4. The van der Waals surface area contributed by atoms with Gasteiger partial charge in [0.25, 0.3) is 0 Å². The Labute approximate surface area is 112 Å². The van der Waals surface area contributed by atoms with Crippen molar-refractivity contribution in [1.82, 2.24) is 14.9 Å². The third kappa shape index (κ3) is 3.54. The van der Waals surface area contributed by atoms with Crippen molar-refractivity contribution in [1.29, 1.82) is 0 Å². The molecule has 5 nitrogen and oxygen atoms in total. The average molecular weight is 261 g/mol. The molecular weight excluding hydrogens is 242 g/mol. The topological polar surface area (TPSA) is 58.2 Å². The Kier molecular flexibility index (Phi) is 4.52. The third-order valence-corrected chi connectivity index (χ3v) is 2.93. The van der Waals surface area contributed by atoms with Crippen LogP contribution in [0.5, 0.6) is 0 Å². The summed E-state index contributed by atoms with van der Waals surface area (Å²) in [7, 11) is 1.41. The molecule has 2 aromatic rings. The van der Waals surface area contributed by atoms with Crippen LogP contribution in [0.4, 0.5) is 0 Å². The van der Waals surface area contributed by atoms with E-state index in [9.17, 15) is 4.79 Å². The van der Waals surface area contributed by atoms with E-state index in [0.717, 1.165) is 29.8 Å². The molecule has 1 aromatic heterocycles. The summed E-state index contributed by atoms with van der Waals surface area (Å²) >= 11 is 0. The van der Waals surface area contributed by atoms with Crippen LogP contribution in [0.25, 0.3) is 11.0 Å². The summed E-state index contributed by atoms with van der Waals surface area (Å²) in [4.78, 5) is 21.2. The molecule has 0 aliphatic rings. The Morgan fingerprint density at radius 3 is 2.89 bits per heavy atom. The number of hydrogen-bond acceptors (Lipinski definition) is 4. The van der Waals surface area contributed by atoms with Crippen molar-refractivity contribution < 1.29 is 9.53 Å². The number of hydrogen-bond donors (Lipinski definition) is 1. The van der Waals surface area contributed by atoms with E-state index in [4.69, 9.17) is 4.74 Å². The lowest BCUT2D eigenvalue weighted by atomic mass is 10.3. The quantitative estimate of drug-likeness (QED) is 0.807. The molecule has 0 aliphatic heterocycles. The van der Waals surface area contributed by atoms with Crippen LogP contribution in [0.1, 0.15) is 19.2 Å². The van der Waals surface area contributed by atoms with Gasteiger partial charge in [-0.2, -0.15) is 0 Å². The lowest BCUT2D eigenvalue weighted by Gasteiger charge is -2.18. The smallest absolute Gasteiger partial charge is 0.319 e. The Balaban J connectivity index is 2.09. The number of aromatic amines is 1. The number of aromatic nitrogens is 2. The molecule has 0 saturated heterocycles. The Morgan fingerprint density at radius 1 is 1.42 bits per heavy atom. The summed E-state index contributed by atoms with van der Waals surface area (Å²) in [6.45, 7) is 3.84. The maximum Gasteiger partial charge on any atom is 0.319 e. The molecule has 1 N–H and O–H groups in total. The number of carbonyl (C=O) groups excluding carboxylic acids is 1. The van der Waals surface area contributed by atoms with E-state index in [1.807, 2.05) is 29.2 Å². The summed E-state index contributed by atoms with van der Waals surface area (Å²) in [5.41, 5.74) is 1.97. The molecule has 0 saturated carbocycles. The fourth-order valence-electron chi connectivity index (χ4n) is 2.07. The first kappa shape index (κ1) is 13.5. The minimum Gasteiger partial charge on any atom is -0.468 e. The highest BCUT2D eigenvalue weighted by atomic mass is 16.5. The van der Waals surface area contributed by atoms with Crippen LogP contribution < -0.4 is 0 Å². The van der Waals surface area contributed by atoms with Crippen LogP contribution in [0, 0.1) is 0 Å². The fraction of sp³-hybridized carbons (Fsp3) is 0.429. The molecule has 2 rings (SSSR count). The summed E-state index contributed by atoms with van der Waals surface area (Å²) < 4.78 is 4.71. The molecule has 0 atom stereocenters. The monoisotopic (exact) mass is 261 g/mol. The number of H-pyrrole nitrogens is 1. The molecule has 0 spiro atoms. The highest BCUT2D eigenvalue weighted by molar-refractivity contribution is 5.74. The van der Waals surface area contributed by atoms with Gasteiger partial charge in [-0.05, 0) is 25.1 Å². The summed E-state index contributed by atoms with van der Waals surface area (Å²) in [5, 5.41) is 0. The van der Waals surface area contributed by atoms with Crippen LogP contribution in [0.15, 0.2) is 24.3 Å². The molecule has 1 aromatic carbocycles. The Bertz CT molecular complexity index is 517. The minimum absolute atomic E-state index is 0.218. The van der Waals surface area contributed by atoms with Gasteiger partial charge in [0.1, 0.15) is 5.82 Å². The molecule has 1 heterocycles. The SMILES string of the molecule is CCCN(CC(=O)OC)Cc1nc2ccccc2[nH]1. The standard InChI is InChI=1S/C14H19N3O2/c1-3-8-17(10-14(18)19-2)9-13-15-11-6-4-5-7-12(11)16-13/h4-7H,3,8-10H2,1-2H3,(H,15,16). The first-order valence-corrected chi connectivity index (χ1v) is 6.45. The van der Waals surface area contributed by atoms with E-state index in [1.54, 1.807) is 0 Å². The lowest BCUT2D eigenvalue weighted by Crippen LogP contribution is -2.31. The fourth-order valence-corrected chi connectivity index (χ4v) is 2.07. The van der Waals surface area contributed by atoms with Crippen LogP contribution in [0.2, 0.25) is 0 Å². The summed E-state index contributed by atoms with van der Waals surface area (Å²) in [6.07, 6.45) is 0.983. The van der Waals surface area contributed by atoms with E-state index in [1.165, 1.54) is 7.11 Å². The highest BCUT2D eigenvalue weighted by Gasteiger charge is 2.12. The van der Waals surface area contributed by atoms with Crippen molar-refractivity contribution >= 4 is 17.0 Å². The summed E-state index contributed by atoms with van der Waals surface area (Å²) in [6, 6.07) is 7.91. The molecule has 102 valence electrons. The van der Waals surface area contributed by atoms with Crippen molar-refractivity contribution in [3.63, 3.8) is 0 Å².